The molecule has 1 aromatic rings. The number of benzene rings is 1. The van der Waals surface area contributed by atoms with E-state index in [-0.39, 0.29) is 0 Å². The average molecular weight is 291 g/mol. The quantitative estimate of drug-likeness (QED) is 0.816. The topological polar surface area (TPSA) is 41.7 Å². The van der Waals surface area contributed by atoms with Crippen LogP contribution in [0.4, 0.5) is 5.69 Å². The molecule has 1 fully saturated rings. The normalized spacial score (nSPS) is 16.5. The molecule has 118 valence electrons. The minimum absolute atomic E-state index is 0.357. The highest BCUT2D eigenvalue weighted by atomic mass is 16.5. The van der Waals surface area contributed by atoms with E-state index in [9.17, 15) is 0 Å². The maximum Gasteiger partial charge on any atom is 0.142 e. The lowest BCUT2D eigenvalue weighted by atomic mass is 10.0. The second kappa shape index (κ2) is 7.66. The molecule has 1 saturated heterocycles. The molecule has 0 radical (unpaired) electrons. The molecule has 1 aromatic carbocycles. The summed E-state index contributed by atoms with van der Waals surface area (Å²) in [4.78, 5) is 4.60. The first-order valence-electron chi connectivity index (χ1n) is 7.95. The van der Waals surface area contributed by atoms with E-state index in [0.29, 0.717) is 6.04 Å². The Kier molecular flexibility index (Phi) is 5.88. The van der Waals surface area contributed by atoms with E-state index >= 15 is 0 Å². The molecule has 0 atom stereocenters. The van der Waals surface area contributed by atoms with E-state index in [4.69, 9.17) is 10.5 Å². The van der Waals surface area contributed by atoms with Gasteiger partial charge in [0.1, 0.15) is 5.75 Å². The lowest BCUT2D eigenvalue weighted by molar-refractivity contribution is 0.281. The van der Waals surface area contributed by atoms with Crippen molar-refractivity contribution in [1.82, 2.24) is 4.90 Å². The average Bonchev–Trinajstić information content (AvgIpc) is 2.45. The zero-order valence-corrected chi connectivity index (χ0v) is 13.6. The second-order valence-corrected chi connectivity index (χ2v) is 6.30. The maximum absolute atomic E-state index is 6.02. The van der Waals surface area contributed by atoms with Gasteiger partial charge in [0.25, 0.3) is 0 Å². The van der Waals surface area contributed by atoms with Crippen molar-refractivity contribution in [3.63, 3.8) is 0 Å². The Morgan fingerprint density at radius 2 is 2.00 bits per heavy atom. The number of nitrogens with two attached hydrogens (primary N) is 1. The number of anilines is 1. The van der Waals surface area contributed by atoms with E-state index in [1.54, 1.807) is 0 Å². The second-order valence-electron chi connectivity index (χ2n) is 6.30. The first-order chi connectivity index (χ1) is 10.1. The number of nitrogens with zero attached hydrogens (tertiary/aromatic N) is 2. The highest BCUT2D eigenvalue weighted by Crippen LogP contribution is 2.31. The molecule has 0 spiro atoms. The van der Waals surface area contributed by atoms with Crippen LogP contribution in [-0.2, 0) is 0 Å². The van der Waals surface area contributed by atoms with E-state index < -0.39 is 0 Å². The van der Waals surface area contributed by atoms with Gasteiger partial charge in [-0.15, -0.1) is 0 Å². The minimum atomic E-state index is 0.357. The van der Waals surface area contributed by atoms with Crippen LogP contribution in [0.5, 0.6) is 5.75 Å². The van der Waals surface area contributed by atoms with Crippen molar-refractivity contribution >= 4 is 5.69 Å². The van der Waals surface area contributed by atoms with Crippen molar-refractivity contribution in [2.24, 2.45) is 5.73 Å². The van der Waals surface area contributed by atoms with Crippen LogP contribution in [0.1, 0.15) is 24.8 Å². The van der Waals surface area contributed by atoms with Crippen LogP contribution in [0.25, 0.3) is 0 Å². The number of hydrogen-bond acceptors (Lipinski definition) is 4. The molecule has 0 saturated carbocycles. The molecule has 0 unspecified atom stereocenters. The van der Waals surface area contributed by atoms with Crippen molar-refractivity contribution in [1.29, 1.82) is 0 Å². The van der Waals surface area contributed by atoms with Crippen molar-refractivity contribution in [3.8, 4) is 5.75 Å². The lowest BCUT2D eigenvalue weighted by Gasteiger charge is -2.33. The van der Waals surface area contributed by atoms with E-state index in [2.05, 4.69) is 49.0 Å². The largest absolute Gasteiger partial charge is 0.491 e. The Balaban J connectivity index is 2.00. The summed E-state index contributed by atoms with van der Waals surface area (Å²) >= 11 is 0. The predicted molar refractivity (Wildman–Crippen MR) is 89.3 cm³/mol. The molecular formula is C17H29N3O. The van der Waals surface area contributed by atoms with Crippen LogP contribution in [0, 0.1) is 6.92 Å². The van der Waals surface area contributed by atoms with Gasteiger partial charge in [0, 0.05) is 25.7 Å². The van der Waals surface area contributed by atoms with Crippen molar-refractivity contribution in [2.45, 2.75) is 32.2 Å². The standard InChI is InChI=1S/C17H29N3O/c1-14-5-6-17(21-12-4-9-19(2)3)16(13-14)20-10-7-15(18)8-11-20/h5-6,13,15H,4,7-12,18H2,1-3H3. The summed E-state index contributed by atoms with van der Waals surface area (Å²) in [6, 6.07) is 6.82. The summed E-state index contributed by atoms with van der Waals surface area (Å²) in [6.45, 7) is 6.01. The molecule has 4 heteroatoms. The van der Waals surface area contributed by atoms with E-state index in [1.807, 2.05) is 0 Å². The zero-order chi connectivity index (χ0) is 15.2. The summed E-state index contributed by atoms with van der Waals surface area (Å²) in [5.74, 6) is 1.01. The lowest BCUT2D eigenvalue weighted by Crippen LogP contribution is -2.39. The third-order valence-corrected chi connectivity index (χ3v) is 4.00. The zero-order valence-electron chi connectivity index (χ0n) is 13.6. The van der Waals surface area contributed by atoms with Crippen LogP contribution in [-0.4, -0.2) is 51.3 Å². The van der Waals surface area contributed by atoms with Gasteiger partial charge in [0.2, 0.25) is 0 Å². The molecule has 0 aromatic heterocycles. The Labute approximate surface area is 128 Å². The van der Waals surface area contributed by atoms with Gasteiger partial charge in [-0.05, 0) is 58.0 Å². The van der Waals surface area contributed by atoms with Crippen LogP contribution >= 0.6 is 0 Å². The Bertz CT molecular complexity index is 440. The number of ether oxygens (including phenoxy) is 1. The fourth-order valence-corrected chi connectivity index (χ4v) is 2.70. The molecule has 21 heavy (non-hydrogen) atoms. The minimum Gasteiger partial charge on any atom is -0.491 e. The summed E-state index contributed by atoms with van der Waals surface area (Å²) in [7, 11) is 4.18. The SMILES string of the molecule is Cc1ccc(OCCCN(C)C)c(N2CCC(N)CC2)c1. The maximum atomic E-state index is 6.02. The molecular weight excluding hydrogens is 262 g/mol. The molecule has 0 amide bonds. The summed E-state index contributed by atoms with van der Waals surface area (Å²) in [5.41, 5.74) is 8.51. The first-order valence-corrected chi connectivity index (χ1v) is 7.95. The fourth-order valence-electron chi connectivity index (χ4n) is 2.70. The molecule has 4 nitrogen and oxygen atoms in total. The van der Waals surface area contributed by atoms with E-state index in [1.165, 1.54) is 11.3 Å². The van der Waals surface area contributed by atoms with Crippen LogP contribution < -0.4 is 15.4 Å². The van der Waals surface area contributed by atoms with Gasteiger partial charge in [0.15, 0.2) is 0 Å². The van der Waals surface area contributed by atoms with Gasteiger partial charge >= 0.3 is 0 Å². The Morgan fingerprint density at radius 3 is 2.67 bits per heavy atom. The predicted octanol–water partition coefficient (Wildman–Crippen LogP) is 2.25. The Hall–Kier alpha value is -1.26. The molecule has 2 rings (SSSR count). The van der Waals surface area contributed by atoms with Gasteiger partial charge in [-0.1, -0.05) is 6.07 Å². The first kappa shape index (κ1) is 16.1. The number of piperidine rings is 1. The molecule has 1 heterocycles. The molecule has 0 aliphatic carbocycles. The molecule has 0 bridgehead atoms. The van der Waals surface area contributed by atoms with Crippen LogP contribution in [0.3, 0.4) is 0 Å². The van der Waals surface area contributed by atoms with Crippen molar-refractivity contribution < 1.29 is 4.74 Å². The highest BCUT2D eigenvalue weighted by Gasteiger charge is 2.19. The third-order valence-electron chi connectivity index (χ3n) is 4.00. The molecule has 1 aliphatic rings. The third kappa shape index (κ3) is 4.90. The van der Waals surface area contributed by atoms with Gasteiger partial charge in [-0.25, -0.2) is 0 Å². The summed E-state index contributed by atoms with van der Waals surface area (Å²) in [6.07, 6.45) is 3.17. The molecule has 2 N–H and O–H groups in total. The summed E-state index contributed by atoms with van der Waals surface area (Å²) < 4.78 is 6.02. The number of aryl methyl sites for hydroxylation is 1. The van der Waals surface area contributed by atoms with Gasteiger partial charge in [-0.3, -0.25) is 0 Å². The molecule has 1 aliphatic heterocycles. The van der Waals surface area contributed by atoms with Gasteiger partial charge < -0.3 is 20.3 Å². The van der Waals surface area contributed by atoms with Crippen LogP contribution in [0.15, 0.2) is 18.2 Å². The van der Waals surface area contributed by atoms with Gasteiger partial charge in [0.05, 0.1) is 12.3 Å². The van der Waals surface area contributed by atoms with Crippen LogP contribution in [0.2, 0.25) is 0 Å². The number of rotatable bonds is 6. The Morgan fingerprint density at radius 1 is 1.29 bits per heavy atom. The monoisotopic (exact) mass is 291 g/mol. The van der Waals surface area contributed by atoms with Crippen molar-refractivity contribution in [3.05, 3.63) is 23.8 Å². The summed E-state index contributed by atoms with van der Waals surface area (Å²) in [5, 5.41) is 0. The highest BCUT2D eigenvalue weighted by molar-refractivity contribution is 5.60. The van der Waals surface area contributed by atoms with Crippen molar-refractivity contribution in [2.75, 3.05) is 45.2 Å². The number of hydrogen-bond donors (Lipinski definition) is 1. The van der Waals surface area contributed by atoms with E-state index in [0.717, 1.165) is 51.3 Å². The van der Waals surface area contributed by atoms with Gasteiger partial charge in [-0.2, -0.15) is 0 Å². The fraction of sp³-hybridized carbons (Fsp3) is 0.647. The smallest absolute Gasteiger partial charge is 0.142 e.